The van der Waals surface area contributed by atoms with Gasteiger partial charge in [-0.2, -0.15) is 4.83 Å². The van der Waals surface area contributed by atoms with Crippen molar-refractivity contribution in [2.45, 2.75) is 32.6 Å². The van der Waals surface area contributed by atoms with Crippen LogP contribution in [-0.2, 0) is 9.53 Å². The van der Waals surface area contributed by atoms with Crippen molar-refractivity contribution >= 4 is 15.4 Å². The zero-order chi connectivity index (χ0) is 11.5. The summed E-state index contributed by atoms with van der Waals surface area (Å²) in [6.07, 6.45) is 3.48. The molecule has 1 aliphatic carbocycles. The Labute approximate surface area is 93.2 Å². The zero-order valence-corrected chi connectivity index (χ0v) is 10.6. The molecule has 0 radical (unpaired) electrons. The molecule has 1 rings (SSSR count). The molecule has 4 nitrogen and oxygen atoms in total. The van der Waals surface area contributed by atoms with Gasteiger partial charge < -0.3 is 9.94 Å². The molecular formula is C10H20NO3P. The van der Waals surface area contributed by atoms with E-state index in [0.29, 0.717) is 18.9 Å². The lowest BCUT2D eigenvalue weighted by atomic mass is 9.82. The Morgan fingerprint density at radius 3 is 2.80 bits per heavy atom. The summed E-state index contributed by atoms with van der Waals surface area (Å²) in [6, 6.07) is 0. The van der Waals surface area contributed by atoms with Gasteiger partial charge in [0.15, 0.2) is 0 Å². The quantitative estimate of drug-likeness (QED) is 0.457. The molecule has 15 heavy (non-hydrogen) atoms. The summed E-state index contributed by atoms with van der Waals surface area (Å²) < 4.78 is 4.71. The minimum Gasteiger partial charge on any atom is -0.469 e. The Bertz CT molecular complexity index is 235. The van der Waals surface area contributed by atoms with Crippen molar-refractivity contribution in [1.29, 1.82) is 0 Å². The van der Waals surface area contributed by atoms with Gasteiger partial charge in [0.1, 0.15) is 0 Å². The summed E-state index contributed by atoms with van der Waals surface area (Å²) in [7, 11) is 3.64. The van der Waals surface area contributed by atoms with Crippen molar-refractivity contribution in [3.63, 3.8) is 0 Å². The fraction of sp³-hybridized carbons (Fsp3) is 0.900. The average molecular weight is 233 g/mol. The lowest BCUT2D eigenvalue weighted by Crippen LogP contribution is -2.32. The van der Waals surface area contributed by atoms with Gasteiger partial charge >= 0.3 is 5.97 Å². The number of esters is 1. The summed E-state index contributed by atoms with van der Waals surface area (Å²) in [5.74, 6) is 0.440. The van der Waals surface area contributed by atoms with E-state index in [1.54, 1.807) is 0 Å². The number of hydrogen-bond acceptors (Lipinski definition) is 4. The van der Waals surface area contributed by atoms with Crippen LogP contribution in [0.2, 0.25) is 0 Å². The van der Waals surface area contributed by atoms with E-state index in [9.17, 15) is 10.0 Å². The van der Waals surface area contributed by atoms with Crippen LogP contribution in [-0.4, -0.2) is 29.7 Å². The highest BCUT2D eigenvalue weighted by atomic mass is 31.0. The maximum Gasteiger partial charge on any atom is 0.306 e. The highest BCUT2D eigenvalue weighted by Gasteiger charge is 2.40. The zero-order valence-electron chi connectivity index (χ0n) is 9.40. The van der Waals surface area contributed by atoms with Crippen molar-refractivity contribution in [3.05, 3.63) is 0 Å². The second-order valence-corrected chi connectivity index (χ2v) is 5.29. The number of rotatable bonds is 4. The summed E-state index contributed by atoms with van der Waals surface area (Å²) in [6.45, 7) is 2.70. The number of hydrogen-bond donors (Lipinski definition) is 1. The van der Waals surface area contributed by atoms with Crippen LogP contribution in [0.5, 0.6) is 0 Å². The van der Waals surface area contributed by atoms with E-state index in [2.05, 4.69) is 16.3 Å². The molecule has 88 valence electrons. The molecule has 3 atom stereocenters. The normalized spacial score (nSPS) is 30.9. The van der Waals surface area contributed by atoms with Crippen LogP contribution in [0.1, 0.15) is 32.6 Å². The largest absolute Gasteiger partial charge is 0.469 e. The standard InChI is InChI=1S/C10H20NO3P/c1-8-3-4-10(5-8,7-11(13)15)6-9(12)14-2/h8,13H,3-7,15H2,1-2H3/t8-,10+/m1/s1. The van der Waals surface area contributed by atoms with Gasteiger partial charge in [0.25, 0.3) is 0 Å². The van der Waals surface area contributed by atoms with Crippen molar-refractivity contribution < 1.29 is 14.7 Å². The first kappa shape index (κ1) is 12.9. The maximum atomic E-state index is 11.3. The highest BCUT2D eigenvalue weighted by Crippen LogP contribution is 2.45. The number of nitrogens with zero attached hydrogens (tertiary/aromatic N) is 1. The molecule has 1 N–H and O–H groups in total. The van der Waals surface area contributed by atoms with Crippen LogP contribution in [0.15, 0.2) is 0 Å². The van der Waals surface area contributed by atoms with Gasteiger partial charge in [0.2, 0.25) is 0 Å². The molecule has 0 heterocycles. The van der Waals surface area contributed by atoms with Gasteiger partial charge in [0.05, 0.1) is 13.5 Å². The molecule has 0 bridgehead atoms. The van der Waals surface area contributed by atoms with E-state index in [1.165, 1.54) is 7.11 Å². The average Bonchev–Trinajstić information content (AvgIpc) is 2.46. The molecule has 0 saturated heterocycles. The fourth-order valence-corrected chi connectivity index (χ4v) is 2.97. The van der Waals surface area contributed by atoms with Crippen LogP contribution in [0.25, 0.3) is 0 Å². The summed E-state index contributed by atoms with van der Waals surface area (Å²) in [5.41, 5.74) is -0.108. The SMILES string of the molecule is COC(=O)C[C@]1(CN(O)P)CC[C@@H](C)C1. The molecule has 5 heteroatoms. The molecular weight excluding hydrogens is 213 g/mol. The molecule has 0 spiro atoms. The minimum absolute atomic E-state index is 0.108. The minimum atomic E-state index is -0.184. The van der Waals surface area contributed by atoms with Crippen LogP contribution in [0, 0.1) is 11.3 Å². The van der Waals surface area contributed by atoms with Gasteiger partial charge in [-0.1, -0.05) is 13.3 Å². The second kappa shape index (κ2) is 5.24. The van der Waals surface area contributed by atoms with E-state index in [-0.39, 0.29) is 11.4 Å². The predicted octanol–water partition coefficient (Wildman–Crippen LogP) is 1.84. The second-order valence-electron chi connectivity index (χ2n) is 4.70. The summed E-state index contributed by atoms with van der Waals surface area (Å²) in [5, 5.41) is 9.29. The summed E-state index contributed by atoms with van der Waals surface area (Å²) >= 11 is 0. The lowest BCUT2D eigenvalue weighted by Gasteiger charge is -2.30. The molecule has 0 aliphatic heterocycles. The Hall–Kier alpha value is -0.180. The van der Waals surface area contributed by atoms with Gasteiger partial charge in [-0.15, -0.1) is 0 Å². The number of carbonyl (C=O) groups excluding carboxylic acids is 1. The summed E-state index contributed by atoms with van der Waals surface area (Å²) in [4.78, 5) is 12.4. The molecule has 1 saturated carbocycles. The monoisotopic (exact) mass is 233 g/mol. The molecule has 0 aromatic carbocycles. The van der Waals surface area contributed by atoms with E-state index >= 15 is 0 Å². The van der Waals surface area contributed by atoms with E-state index in [4.69, 9.17) is 4.74 Å². The first-order valence-corrected chi connectivity index (χ1v) is 5.77. The molecule has 1 aliphatic rings. The maximum absolute atomic E-state index is 11.3. The molecule has 0 amide bonds. The van der Waals surface area contributed by atoms with Crippen molar-refractivity contribution in [2.24, 2.45) is 11.3 Å². The van der Waals surface area contributed by atoms with Gasteiger partial charge in [-0.3, -0.25) is 4.79 Å². The first-order valence-electron chi connectivity index (χ1n) is 5.25. The van der Waals surface area contributed by atoms with Crippen molar-refractivity contribution in [1.82, 2.24) is 4.83 Å². The lowest BCUT2D eigenvalue weighted by molar-refractivity contribution is -0.144. The third-order valence-corrected chi connectivity index (χ3v) is 3.38. The Morgan fingerprint density at radius 2 is 2.40 bits per heavy atom. The molecule has 0 aromatic rings. The smallest absolute Gasteiger partial charge is 0.306 e. The Morgan fingerprint density at radius 1 is 1.73 bits per heavy atom. The van der Waals surface area contributed by atoms with Crippen LogP contribution >= 0.6 is 9.39 Å². The Kier molecular flexibility index (Phi) is 4.50. The molecule has 0 aromatic heterocycles. The van der Waals surface area contributed by atoms with Crippen LogP contribution < -0.4 is 0 Å². The van der Waals surface area contributed by atoms with Crippen molar-refractivity contribution in [3.8, 4) is 0 Å². The molecule has 1 fully saturated rings. The van der Waals surface area contributed by atoms with E-state index in [0.717, 1.165) is 24.1 Å². The number of ether oxygens (including phenoxy) is 1. The number of hydroxylamine groups is 1. The number of carbonyl (C=O) groups is 1. The highest BCUT2D eigenvalue weighted by molar-refractivity contribution is 7.12. The molecule has 1 unspecified atom stereocenters. The van der Waals surface area contributed by atoms with Crippen LogP contribution in [0.4, 0.5) is 0 Å². The Balaban J connectivity index is 2.64. The number of methoxy groups -OCH3 is 1. The van der Waals surface area contributed by atoms with E-state index < -0.39 is 0 Å². The van der Waals surface area contributed by atoms with Crippen molar-refractivity contribution in [2.75, 3.05) is 13.7 Å². The first-order chi connectivity index (χ1) is 6.97. The van der Waals surface area contributed by atoms with Crippen LogP contribution in [0.3, 0.4) is 0 Å². The van der Waals surface area contributed by atoms with Gasteiger partial charge in [-0.25, -0.2) is 0 Å². The predicted molar refractivity (Wildman–Crippen MR) is 60.3 cm³/mol. The topological polar surface area (TPSA) is 49.8 Å². The van der Waals surface area contributed by atoms with E-state index in [1.807, 2.05) is 0 Å². The van der Waals surface area contributed by atoms with Gasteiger partial charge in [0, 0.05) is 6.54 Å². The third-order valence-electron chi connectivity index (χ3n) is 3.19. The third kappa shape index (κ3) is 3.71. The fourth-order valence-electron chi connectivity index (χ4n) is 2.58. The van der Waals surface area contributed by atoms with Gasteiger partial charge in [-0.05, 0) is 33.6 Å².